The average Bonchev–Trinajstić information content (AvgIpc) is 3.35. The third-order valence-corrected chi connectivity index (χ3v) is 12.6. The van der Waals surface area contributed by atoms with Gasteiger partial charge in [0.1, 0.15) is 0 Å². The predicted octanol–water partition coefficient (Wildman–Crippen LogP) is 15.1. The van der Waals surface area contributed by atoms with Crippen molar-refractivity contribution in [3.63, 3.8) is 0 Å². The largest absolute Gasteiger partial charge is 0.256 e. The SMILES string of the molecule is c1ccc(-c2nc(-c3ccc(-c4ccccc4-c4cc5ccc6cccc7c8cccc9ccc%10cccc(c(c4)c5c67)c%10c98)cc3)nc(-c3ccc4ncccc4c3)n2)cc1. The van der Waals surface area contributed by atoms with Gasteiger partial charge >= 0.3 is 0 Å². The highest BCUT2D eigenvalue weighted by atomic mass is 15.0. The molecule has 0 bridgehead atoms. The molecule has 286 valence electrons. The van der Waals surface area contributed by atoms with E-state index in [0.29, 0.717) is 17.5 Å². The standard InChI is InChI=1S/C58H34N4/c1-2-10-39(11-3-1)56-60-57(62-58(61-56)43-29-30-51-41(32-43)15-9-31-59-51)40-26-21-35(22-27-40)45-16-4-5-17-46(45)44-33-42-28-25-38-13-7-19-48-47-18-6-12-36-23-24-37-14-8-20-49(54(37)52(36)47)50(34-44)55(42)53(38)48/h1-34H. The van der Waals surface area contributed by atoms with Crippen molar-refractivity contribution in [3.8, 4) is 56.4 Å². The Hall–Kier alpha value is -8.34. The summed E-state index contributed by atoms with van der Waals surface area (Å²) >= 11 is 0. The smallest absolute Gasteiger partial charge is 0.164 e. The van der Waals surface area contributed by atoms with Crippen LogP contribution in [-0.2, 0) is 0 Å². The molecule has 0 atom stereocenters. The molecule has 0 fully saturated rings. The summed E-state index contributed by atoms with van der Waals surface area (Å²) in [6.07, 6.45) is 1.81. The number of nitrogens with zero attached hydrogens (tertiary/aromatic N) is 4. The maximum atomic E-state index is 5.06. The van der Waals surface area contributed by atoms with Gasteiger partial charge in [0.25, 0.3) is 0 Å². The lowest BCUT2D eigenvalue weighted by molar-refractivity contribution is 1.07. The Morgan fingerprint density at radius 3 is 1.37 bits per heavy atom. The van der Waals surface area contributed by atoms with Crippen LogP contribution in [0, 0.1) is 0 Å². The molecule has 0 saturated carbocycles. The van der Waals surface area contributed by atoms with Gasteiger partial charge in [-0.2, -0.15) is 0 Å². The van der Waals surface area contributed by atoms with Crippen molar-refractivity contribution >= 4 is 75.5 Å². The fourth-order valence-corrected chi connectivity index (χ4v) is 9.79. The van der Waals surface area contributed by atoms with Crippen LogP contribution in [0.25, 0.3) is 132 Å². The van der Waals surface area contributed by atoms with Crippen molar-refractivity contribution in [3.05, 3.63) is 206 Å². The molecule has 0 aliphatic rings. The first-order chi connectivity index (χ1) is 30.7. The lowest BCUT2D eigenvalue weighted by Crippen LogP contribution is -2.00. The van der Waals surface area contributed by atoms with Gasteiger partial charge in [-0.15, -0.1) is 0 Å². The topological polar surface area (TPSA) is 51.6 Å². The number of hydrogen-bond acceptors (Lipinski definition) is 4. The number of aromatic nitrogens is 4. The number of rotatable bonds is 5. The zero-order chi connectivity index (χ0) is 40.7. The van der Waals surface area contributed by atoms with E-state index in [9.17, 15) is 0 Å². The van der Waals surface area contributed by atoms with Crippen LogP contribution >= 0.6 is 0 Å². The van der Waals surface area contributed by atoms with Crippen LogP contribution in [0.3, 0.4) is 0 Å². The minimum absolute atomic E-state index is 0.621. The summed E-state index contributed by atoms with van der Waals surface area (Å²) in [6.45, 7) is 0. The molecule has 62 heavy (non-hydrogen) atoms. The summed E-state index contributed by atoms with van der Waals surface area (Å²) in [5, 5.41) is 16.4. The zero-order valence-electron chi connectivity index (χ0n) is 33.4. The van der Waals surface area contributed by atoms with Gasteiger partial charge in [0, 0.05) is 28.3 Å². The van der Waals surface area contributed by atoms with E-state index >= 15 is 0 Å². The molecular weight excluding hydrogens is 753 g/mol. The molecule has 2 heterocycles. The van der Waals surface area contributed by atoms with E-state index in [4.69, 9.17) is 15.0 Å². The van der Waals surface area contributed by atoms with Crippen LogP contribution in [-0.4, -0.2) is 19.9 Å². The Labute approximate surface area is 356 Å². The van der Waals surface area contributed by atoms with Gasteiger partial charge in [-0.05, 0) is 123 Å². The Morgan fingerprint density at radius 2 is 0.726 bits per heavy atom. The Bertz CT molecular complexity index is 3910. The van der Waals surface area contributed by atoms with Crippen LogP contribution in [0.2, 0.25) is 0 Å². The highest BCUT2D eigenvalue weighted by Crippen LogP contribution is 2.45. The van der Waals surface area contributed by atoms with E-state index in [-0.39, 0.29) is 0 Å². The second-order valence-corrected chi connectivity index (χ2v) is 16.2. The van der Waals surface area contributed by atoms with Gasteiger partial charge in [-0.3, -0.25) is 4.98 Å². The number of benzene rings is 10. The van der Waals surface area contributed by atoms with Crippen molar-refractivity contribution in [2.24, 2.45) is 0 Å². The van der Waals surface area contributed by atoms with Gasteiger partial charge in [0.2, 0.25) is 0 Å². The molecule has 4 nitrogen and oxygen atoms in total. The highest BCUT2D eigenvalue weighted by molar-refractivity contribution is 6.37. The van der Waals surface area contributed by atoms with Crippen LogP contribution in [0.1, 0.15) is 0 Å². The lowest BCUT2D eigenvalue weighted by atomic mass is 9.85. The van der Waals surface area contributed by atoms with Gasteiger partial charge < -0.3 is 0 Å². The quantitative estimate of drug-likeness (QED) is 0.163. The van der Waals surface area contributed by atoms with E-state index in [1.165, 1.54) is 75.8 Å². The maximum absolute atomic E-state index is 5.06. The van der Waals surface area contributed by atoms with Gasteiger partial charge in [-0.25, -0.2) is 15.0 Å². The van der Waals surface area contributed by atoms with E-state index in [1.807, 2.05) is 54.7 Å². The molecule has 0 amide bonds. The number of fused-ring (bicyclic) bond motifs is 3. The van der Waals surface area contributed by atoms with Crippen molar-refractivity contribution in [1.82, 2.24) is 19.9 Å². The first-order valence-corrected chi connectivity index (χ1v) is 21.0. The summed E-state index contributed by atoms with van der Waals surface area (Å²) in [5.41, 5.74) is 8.35. The van der Waals surface area contributed by atoms with Gasteiger partial charge in [-0.1, -0.05) is 164 Å². The number of pyridine rings is 1. The minimum Gasteiger partial charge on any atom is -0.256 e. The second-order valence-electron chi connectivity index (χ2n) is 16.2. The van der Waals surface area contributed by atoms with Crippen LogP contribution in [0.4, 0.5) is 0 Å². The van der Waals surface area contributed by atoms with Crippen molar-refractivity contribution < 1.29 is 0 Å². The molecule has 0 aliphatic heterocycles. The van der Waals surface area contributed by atoms with E-state index < -0.39 is 0 Å². The first kappa shape index (κ1) is 34.5. The zero-order valence-corrected chi connectivity index (χ0v) is 33.4. The molecule has 0 spiro atoms. The molecule has 0 radical (unpaired) electrons. The molecule has 11 aromatic carbocycles. The van der Waals surface area contributed by atoms with Crippen molar-refractivity contribution in [2.75, 3.05) is 0 Å². The molecule has 0 saturated heterocycles. The summed E-state index contributed by atoms with van der Waals surface area (Å²) < 4.78 is 0. The summed E-state index contributed by atoms with van der Waals surface area (Å²) in [4.78, 5) is 19.6. The molecule has 4 heteroatoms. The van der Waals surface area contributed by atoms with Crippen LogP contribution in [0.15, 0.2) is 206 Å². The average molecular weight is 787 g/mol. The fraction of sp³-hybridized carbons (Fsp3) is 0. The summed E-state index contributed by atoms with van der Waals surface area (Å²) in [7, 11) is 0. The van der Waals surface area contributed by atoms with E-state index in [2.05, 4.69) is 157 Å². The Morgan fingerprint density at radius 1 is 0.258 bits per heavy atom. The fourth-order valence-electron chi connectivity index (χ4n) is 9.79. The van der Waals surface area contributed by atoms with Crippen LogP contribution < -0.4 is 0 Å². The lowest BCUT2D eigenvalue weighted by Gasteiger charge is -2.18. The van der Waals surface area contributed by atoms with Crippen LogP contribution in [0.5, 0.6) is 0 Å². The molecule has 2 aromatic heterocycles. The predicted molar refractivity (Wildman–Crippen MR) is 259 cm³/mol. The number of hydrogen-bond donors (Lipinski definition) is 0. The summed E-state index contributed by atoms with van der Waals surface area (Å²) in [6, 6.07) is 72.0. The third-order valence-electron chi connectivity index (χ3n) is 12.6. The molecule has 0 aliphatic carbocycles. The first-order valence-electron chi connectivity index (χ1n) is 21.0. The summed E-state index contributed by atoms with van der Waals surface area (Å²) in [5.74, 6) is 1.88. The minimum atomic E-state index is 0.621. The molecule has 0 N–H and O–H groups in total. The maximum Gasteiger partial charge on any atom is 0.164 e. The third kappa shape index (κ3) is 5.40. The Balaban J connectivity index is 0.984. The molecular formula is C58H34N4. The molecule has 0 unspecified atom stereocenters. The molecule has 13 aromatic rings. The van der Waals surface area contributed by atoms with Gasteiger partial charge in [0.05, 0.1) is 5.52 Å². The van der Waals surface area contributed by atoms with E-state index in [1.54, 1.807) is 0 Å². The molecule has 13 rings (SSSR count). The van der Waals surface area contributed by atoms with E-state index in [0.717, 1.165) is 38.7 Å². The van der Waals surface area contributed by atoms with Crippen molar-refractivity contribution in [2.45, 2.75) is 0 Å². The van der Waals surface area contributed by atoms with Crippen molar-refractivity contribution in [1.29, 1.82) is 0 Å². The van der Waals surface area contributed by atoms with Gasteiger partial charge in [0.15, 0.2) is 17.5 Å². The monoisotopic (exact) mass is 786 g/mol. The highest BCUT2D eigenvalue weighted by Gasteiger charge is 2.18. The second kappa shape index (κ2) is 13.6. The Kier molecular flexibility index (Phi) is 7.57. The normalized spacial score (nSPS) is 11.9.